The van der Waals surface area contributed by atoms with Crippen LogP contribution in [-0.4, -0.2) is 29.2 Å². The van der Waals surface area contributed by atoms with Crippen LogP contribution in [0.2, 0.25) is 5.02 Å². The topological polar surface area (TPSA) is 61.3 Å². The Balaban J connectivity index is 1.47. The molecule has 0 aliphatic rings. The maximum Gasteiger partial charge on any atom is 0.330 e. The van der Waals surface area contributed by atoms with E-state index in [0.717, 1.165) is 11.0 Å². The van der Waals surface area contributed by atoms with Gasteiger partial charge in [0.2, 0.25) is 0 Å². The molecule has 2 aromatic carbocycles. The molecule has 1 aromatic heterocycles. The first-order valence-corrected chi connectivity index (χ1v) is 8.03. The van der Waals surface area contributed by atoms with Crippen molar-refractivity contribution in [3.63, 3.8) is 0 Å². The molecule has 0 unspecified atom stereocenters. The molecule has 25 heavy (non-hydrogen) atoms. The number of esters is 1. The second-order valence-electron chi connectivity index (χ2n) is 5.09. The highest BCUT2D eigenvalue weighted by Crippen LogP contribution is 2.16. The minimum Gasteiger partial charge on any atom is -0.490 e. The Labute approximate surface area is 149 Å². The zero-order valence-electron chi connectivity index (χ0n) is 13.3. The number of nitrogens with zero attached hydrogens (tertiary/aromatic N) is 2. The zero-order chi connectivity index (χ0) is 17.5. The maximum atomic E-state index is 11.7. The quantitative estimate of drug-likeness (QED) is 0.381. The lowest BCUT2D eigenvalue weighted by molar-refractivity contribution is -0.138. The van der Waals surface area contributed by atoms with Crippen molar-refractivity contribution in [2.45, 2.75) is 0 Å². The Hall–Kier alpha value is -2.92. The Morgan fingerprint density at radius 1 is 1.08 bits per heavy atom. The molecule has 0 saturated carbocycles. The highest BCUT2D eigenvalue weighted by molar-refractivity contribution is 6.30. The molecule has 0 N–H and O–H groups in total. The minimum absolute atomic E-state index is 0.138. The molecule has 0 amide bonds. The first-order valence-electron chi connectivity index (χ1n) is 7.66. The van der Waals surface area contributed by atoms with Crippen molar-refractivity contribution in [1.82, 2.24) is 9.97 Å². The first-order chi connectivity index (χ1) is 12.2. The van der Waals surface area contributed by atoms with E-state index in [4.69, 9.17) is 21.1 Å². The Bertz CT molecular complexity index is 912. The summed E-state index contributed by atoms with van der Waals surface area (Å²) in [5.41, 5.74) is 2.17. The van der Waals surface area contributed by atoms with Gasteiger partial charge in [-0.15, -0.1) is 0 Å². The monoisotopic (exact) mass is 354 g/mol. The van der Waals surface area contributed by atoms with Gasteiger partial charge in [0.1, 0.15) is 19.0 Å². The number of rotatable bonds is 6. The largest absolute Gasteiger partial charge is 0.490 e. The molecule has 6 heteroatoms. The number of halogens is 1. The SMILES string of the molecule is O=C(/C=C/c1cnc2ccccc2n1)OCCOc1cccc(Cl)c1. The van der Waals surface area contributed by atoms with Gasteiger partial charge in [-0.3, -0.25) is 4.98 Å². The summed E-state index contributed by atoms with van der Waals surface area (Å²) in [5, 5.41) is 0.592. The van der Waals surface area contributed by atoms with Gasteiger partial charge in [-0.2, -0.15) is 0 Å². The Kier molecular flexibility index (Phi) is 5.59. The van der Waals surface area contributed by atoms with Gasteiger partial charge in [0, 0.05) is 11.1 Å². The summed E-state index contributed by atoms with van der Waals surface area (Å²) >= 11 is 5.86. The molecular weight excluding hydrogens is 340 g/mol. The van der Waals surface area contributed by atoms with Crippen LogP contribution in [0.5, 0.6) is 5.75 Å². The molecule has 0 aliphatic carbocycles. The summed E-state index contributed by atoms with van der Waals surface area (Å²) in [4.78, 5) is 20.4. The zero-order valence-corrected chi connectivity index (χ0v) is 14.0. The van der Waals surface area contributed by atoms with Crippen molar-refractivity contribution in [1.29, 1.82) is 0 Å². The Morgan fingerprint density at radius 2 is 1.92 bits per heavy atom. The van der Waals surface area contributed by atoms with Gasteiger partial charge in [-0.1, -0.05) is 29.8 Å². The van der Waals surface area contributed by atoms with Crippen LogP contribution in [0.1, 0.15) is 5.69 Å². The van der Waals surface area contributed by atoms with Crippen molar-refractivity contribution in [2.24, 2.45) is 0 Å². The van der Waals surface area contributed by atoms with E-state index in [2.05, 4.69) is 9.97 Å². The minimum atomic E-state index is -0.468. The average Bonchev–Trinajstić information content (AvgIpc) is 2.63. The van der Waals surface area contributed by atoms with Gasteiger partial charge in [0.05, 0.1) is 22.9 Å². The van der Waals surface area contributed by atoms with Crippen LogP contribution in [-0.2, 0) is 9.53 Å². The standard InChI is InChI=1S/C19H15ClN2O3/c20-14-4-3-5-16(12-14)24-10-11-25-19(23)9-8-15-13-21-17-6-1-2-7-18(17)22-15/h1-9,12-13H,10-11H2/b9-8+. The third-order valence-electron chi connectivity index (χ3n) is 3.25. The molecule has 0 saturated heterocycles. The fourth-order valence-corrected chi connectivity index (χ4v) is 2.29. The van der Waals surface area contributed by atoms with Crippen LogP contribution in [0, 0.1) is 0 Å². The molecule has 3 rings (SSSR count). The van der Waals surface area contributed by atoms with E-state index in [1.807, 2.05) is 24.3 Å². The van der Waals surface area contributed by atoms with E-state index in [-0.39, 0.29) is 13.2 Å². The van der Waals surface area contributed by atoms with Gasteiger partial charge >= 0.3 is 5.97 Å². The van der Waals surface area contributed by atoms with Crippen molar-refractivity contribution in [2.75, 3.05) is 13.2 Å². The van der Waals surface area contributed by atoms with Crippen molar-refractivity contribution in [3.8, 4) is 5.75 Å². The predicted octanol–water partition coefficient (Wildman–Crippen LogP) is 3.92. The highest BCUT2D eigenvalue weighted by Gasteiger charge is 2.00. The summed E-state index contributed by atoms with van der Waals surface area (Å²) in [6.07, 6.45) is 4.49. The van der Waals surface area contributed by atoms with Crippen LogP contribution >= 0.6 is 11.6 Å². The predicted molar refractivity (Wildman–Crippen MR) is 96.5 cm³/mol. The van der Waals surface area contributed by atoms with E-state index < -0.39 is 5.97 Å². The van der Waals surface area contributed by atoms with Crippen LogP contribution in [0.3, 0.4) is 0 Å². The molecule has 3 aromatic rings. The highest BCUT2D eigenvalue weighted by atomic mass is 35.5. The van der Waals surface area contributed by atoms with Crippen LogP contribution in [0.4, 0.5) is 0 Å². The van der Waals surface area contributed by atoms with Gasteiger partial charge < -0.3 is 9.47 Å². The lowest BCUT2D eigenvalue weighted by Gasteiger charge is -2.06. The van der Waals surface area contributed by atoms with Gasteiger partial charge in [0.15, 0.2) is 0 Å². The van der Waals surface area contributed by atoms with Crippen LogP contribution in [0.15, 0.2) is 60.8 Å². The maximum absolute atomic E-state index is 11.7. The molecule has 0 fully saturated rings. The summed E-state index contributed by atoms with van der Waals surface area (Å²) < 4.78 is 10.5. The molecular formula is C19H15ClN2O3. The second kappa shape index (κ2) is 8.26. The van der Waals surface area contributed by atoms with Crippen molar-refractivity contribution < 1.29 is 14.3 Å². The molecule has 5 nitrogen and oxygen atoms in total. The molecule has 0 atom stereocenters. The molecule has 0 aliphatic heterocycles. The fraction of sp³-hybridized carbons (Fsp3) is 0.105. The first kappa shape index (κ1) is 16.9. The normalized spacial score (nSPS) is 10.9. The van der Waals surface area contributed by atoms with Crippen LogP contribution < -0.4 is 4.74 Å². The number of hydrogen-bond acceptors (Lipinski definition) is 5. The fourth-order valence-electron chi connectivity index (χ4n) is 2.11. The van der Waals surface area contributed by atoms with Gasteiger partial charge in [0.25, 0.3) is 0 Å². The summed E-state index contributed by atoms with van der Waals surface area (Å²) in [7, 11) is 0. The number of carbonyl (C=O) groups is 1. The Morgan fingerprint density at radius 3 is 2.76 bits per heavy atom. The van der Waals surface area contributed by atoms with Crippen molar-refractivity contribution in [3.05, 3.63) is 71.5 Å². The van der Waals surface area contributed by atoms with E-state index in [1.54, 1.807) is 36.5 Å². The lowest BCUT2D eigenvalue weighted by Crippen LogP contribution is -2.10. The molecule has 0 bridgehead atoms. The number of hydrogen-bond donors (Lipinski definition) is 0. The van der Waals surface area contributed by atoms with Gasteiger partial charge in [-0.25, -0.2) is 9.78 Å². The smallest absolute Gasteiger partial charge is 0.330 e. The number of ether oxygens (including phenoxy) is 2. The van der Waals surface area contributed by atoms with Crippen LogP contribution in [0.25, 0.3) is 17.1 Å². The summed E-state index contributed by atoms with van der Waals surface area (Å²) in [6.45, 7) is 0.384. The van der Waals surface area contributed by atoms with Gasteiger partial charge in [-0.05, 0) is 36.4 Å². The number of para-hydroxylation sites is 2. The molecule has 1 heterocycles. The van der Waals surface area contributed by atoms with E-state index in [0.29, 0.717) is 16.5 Å². The summed E-state index contributed by atoms with van der Waals surface area (Å²) in [6, 6.07) is 14.6. The second-order valence-corrected chi connectivity index (χ2v) is 5.53. The van der Waals surface area contributed by atoms with E-state index in [9.17, 15) is 4.79 Å². The lowest BCUT2D eigenvalue weighted by atomic mass is 10.3. The number of benzene rings is 2. The summed E-state index contributed by atoms with van der Waals surface area (Å²) in [5.74, 6) is 0.162. The van der Waals surface area contributed by atoms with E-state index >= 15 is 0 Å². The number of fused-ring (bicyclic) bond motifs is 1. The van der Waals surface area contributed by atoms with E-state index in [1.165, 1.54) is 6.08 Å². The molecule has 0 radical (unpaired) electrons. The third-order valence-corrected chi connectivity index (χ3v) is 3.48. The molecule has 126 valence electrons. The number of aromatic nitrogens is 2. The van der Waals surface area contributed by atoms with Crippen molar-refractivity contribution >= 4 is 34.7 Å². The average molecular weight is 355 g/mol. The number of carbonyl (C=O) groups excluding carboxylic acids is 1. The molecule has 0 spiro atoms. The third kappa shape index (κ3) is 5.02.